The minimum Gasteiger partial charge on any atom is -0.454 e. The molecule has 7 heteroatoms. The summed E-state index contributed by atoms with van der Waals surface area (Å²) >= 11 is 0. The number of hydrogen-bond acceptors (Lipinski definition) is 7. The van der Waals surface area contributed by atoms with Gasteiger partial charge in [-0.15, -0.1) is 0 Å². The highest BCUT2D eigenvalue weighted by molar-refractivity contribution is 5.66. The fourth-order valence-corrected chi connectivity index (χ4v) is 2.85. The summed E-state index contributed by atoms with van der Waals surface area (Å²) in [7, 11) is 1.42. The van der Waals surface area contributed by atoms with Crippen LogP contribution in [-0.2, 0) is 28.5 Å². The molecule has 3 rings (SSSR count). The second-order valence-electron chi connectivity index (χ2n) is 5.52. The average Bonchev–Trinajstić information content (AvgIpc) is 2.57. The number of benzene rings is 1. The molecule has 23 heavy (non-hydrogen) atoms. The molecule has 0 bridgehead atoms. The van der Waals surface area contributed by atoms with Gasteiger partial charge >= 0.3 is 5.97 Å². The average molecular weight is 324 g/mol. The van der Waals surface area contributed by atoms with E-state index in [1.165, 1.54) is 14.0 Å². The Morgan fingerprint density at radius 3 is 2.65 bits per heavy atom. The van der Waals surface area contributed by atoms with Crippen LogP contribution < -0.4 is 0 Å². The fourth-order valence-electron chi connectivity index (χ4n) is 2.85. The third kappa shape index (κ3) is 3.39. The van der Waals surface area contributed by atoms with Crippen LogP contribution in [0.25, 0.3) is 0 Å². The molecule has 0 aliphatic carbocycles. The van der Waals surface area contributed by atoms with Gasteiger partial charge in [-0.2, -0.15) is 0 Å². The van der Waals surface area contributed by atoms with Crippen molar-refractivity contribution in [3.05, 3.63) is 35.9 Å². The summed E-state index contributed by atoms with van der Waals surface area (Å²) < 4.78 is 27.5. The Kier molecular flexibility index (Phi) is 4.93. The van der Waals surface area contributed by atoms with Crippen LogP contribution >= 0.6 is 0 Å². The topological polar surface area (TPSA) is 83.5 Å². The van der Waals surface area contributed by atoms with Crippen molar-refractivity contribution >= 4 is 5.97 Å². The SMILES string of the molecule is CO[C@H]1O[C@@H]2CO[C@H](c3ccccc3)O[C@H]2[C@H](O)[C@H]1OC(C)=O. The molecule has 7 nitrogen and oxygen atoms in total. The predicted octanol–water partition coefficient (Wildman–Crippen LogP) is 0.764. The first-order valence-corrected chi connectivity index (χ1v) is 7.45. The molecular weight excluding hydrogens is 304 g/mol. The standard InChI is InChI=1S/C16H20O7/c1-9(17)21-14-12(18)13-11(22-16(14)19-2)8-20-15(23-13)10-6-4-3-5-7-10/h3-7,11-16,18H,8H2,1-2H3/t11-,12+,13-,14-,15+,16+/m1/s1. The van der Waals surface area contributed by atoms with E-state index in [0.29, 0.717) is 0 Å². The Labute approximate surface area is 134 Å². The Morgan fingerprint density at radius 2 is 2.00 bits per heavy atom. The molecule has 1 N–H and O–H groups in total. The van der Waals surface area contributed by atoms with Gasteiger partial charge in [-0.25, -0.2) is 0 Å². The van der Waals surface area contributed by atoms with Crippen molar-refractivity contribution < 1.29 is 33.6 Å². The smallest absolute Gasteiger partial charge is 0.303 e. The molecule has 0 aromatic heterocycles. The third-order valence-electron chi connectivity index (χ3n) is 3.92. The number of carbonyl (C=O) groups excluding carboxylic acids is 1. The van der Waals surface area contributed by atoms with Crippen molar-refractivity contribution in [1.82, 2.24) is 0 Å². The number of hydrogen-bond donors (Lipinski definition) is 1. The minimum absolute atomic E-state index is 0.244. The lowest BCUT2D eigenvalue weighted by Gasteiger charge is -2.46. The lowest BCUT2D eigenvalue weighted by Crippen LogP contribution is -2.63. The largest absolute Gasteiger partial charge is 0.454 e. The zero-order valence-corrected chi connectivity index (χ0v) is 13.0. The van der Waals surface area contributed by atoms with Gasteiger partial charge in [0, 0.05) is 19.6 Å². The Morgan fingerprint density at radius 1 is 1.26 bits per heavy atom. The van der Waals surface area contributed by atoms with E-state index in [1.54, 1.807) is 0 Å². The third-order valence-corrected chi connectivity index (χ3v) is 3.92. The van der Waals surface area contributed by atoms with E-state index in [-0.39, 0.29) is 6.61 Å². The van der Waals surface area contributed by atoms with Crippen molar-refractivity contribution in [2.24, 2.45) is 0 Å². The van der Waals surface area contributed by atoms with Gasteiger partial charge in [0.25, 0.3) is 0 Å². The second-order valence-corrected chi connectivity index (χ2v) is 5.52. The molecule has 6 atom stereocenters. The van der Waals surface area contributed by atoms with Gasteiger partial charge < -0.3 is 28.8 Å². The van der Waals surface area contributed by atoms with Gasteiger partial charge in [0.05, 0.1) is 6.61 Å². The zero-order chi connectivity index (χ0) is 16.4. The van der Waals surface area contributed by atoms with E-state index < -0.39 is 43.0 Å². The van der Waals surface area contributed by atoms with Gasteiger partial charge in [-0.05, 0) is 0 Å². The molecule has 2 heterocycles. The molecule has 2 saturated heterocycles. The summed E-state index contributed by atoms with van der Waals surface area (Å²) in [5.74, 6) is -0.523. The number of aliphatic hydroxyl groups excluding tert-OH is 1. The fraction of sp³-hybridized carbons (Fsp3) is 0.562. The minimum atomic E-state index is -1.07. The van der Waals surface area contributed by atoms with Crippen LogP contribution in [0, 0.1) is 0 Å². The molecule has 0 radical (unpaired) electrons. The Hall–Kier alpha value is -1.51. The maximum atomic E-state index is 11.3. The normalized spacial score (nSPS) is 37.0. The highest BCUT2D eigenvalue weighted by Gasteiger charge is 2.51. The van der Waals surface area contributed by atoms with Crippen molar-refractivity contribution in [3.63, 3.8) is 0 Å². The molecule has 1 aromatic rings. The van der Waals surface area contributed by atoms with Crippen LogP contribution in [0.5, 0.6) is 0 Å². The van der Waals surface area contributed by atoms with Crippen LogP contribution in [-0.4, -0.2) is 55.5 Å². The Balaban J connectivity index is 1.76. The number of esters is 1. The zero-order valence-electron chi connectivity index (χ0n) is 13.0. The maximum Gasteiger partial charge on any atom is 0.303 e. The lowest BCUT2D eigenvalue weighted by atomic mass is 9.97. The lowest BCUT2D eigenvalue weighted by molar-refractivity contribution is -0.358. The highest BCUT2D eigenvalue weighted by Crippen LogP contribution is 2.35. The van der Waals surface area contributed by atoms with Crippen molar-refractivity contribution in [3.8, 4) is 0 Å². The quantitative estimate of drug-likeness (QED) is 0.822. The number of aliphatic hydroxyl groups is 1. The first kappa shape index (κ1) is 16.4. The molecule has 0 saturated carbocycles. The first-order valence-electron chi connectivity index (χ1n) is 7.45. The van der Waals surface area contributed by atoms with E-state index in [2.05, 4.69) is 0 Å². The van der Waals surface area contributed by atoms with Gasteiger partial charge in [0.1, 0.15) is 18.3 Å². The molecule has 2 aliphatic heterocycles. The van der Waals surface area contributed by atoms with E-state index in [9.17, 15) is 9.90 Å². The maximum absolute atomic E-state index is 11.3. The van der Waals surface area contributed by atoms with Crippen LogP contribution in [0.1, 0.15) is 18.8 Å². The summed E-state index contributed by atoms with van der Waals surface area (Å²) in [4.78, 5) is 11.3. The van der Waals surface area contributed by atoms with E-state index in [4.69, 9.17) is 23.7 Å². The summed E-state index contributed by atoms with van der Waals surface area (Å²) in [5, 5.41) is 10.6. The molecule has 0 unspecified atom stereocenters. The van der Waals surface area contributed by atoms with Gasteiger partial charge in [0.15, 0.2) is 18.7 Å². The summed E-state index contributed by atoms with van der Waals surface area (Å²) in [6.07, 6.45) is -4.67. The summed E-state index contributed by atoms with van der Waals surface area (Å²) in [5.41, 5.74) is 0.844. The van der Waals surface area contributed by atoms with Gasteiger partial charge in [-0.3, -0.25) is 4.79 Å². The molecule has 126 valence electrons. The monoisotopic (exact) mass is 324 g/mol. The van der Waals surface area contributed by atoms with E-state index in [1.807, 2.05) is 30.3 Å². The number of rotatable bonds is 3. The van der Waals surface area contributed by atoms with Gasteiger partial charge in [-0.1, -0.05) is 30.3 Å². The van der Waals surface area contributed by atoms with Gasteiger partial charge in [0.2, 0.25) is 0 Å². The molecule has 1 aromatic carbocycles. The van der Waals surface area contributed by atoms with Crippen molar-refractivity contribution in [2.45, 2.75) is 43.9 Å². The Bertz CT molecular complexity index is 534. The predicted molar refractivity (Wildman–Crippen MR) is 77.2 cm³/mol. The van der Waals surface area contributed by atoms with E-state index in [0.717, 1.165) is 5.56 Å². The van der Waals surface area contributed by atoms with Crippen LogP contribution in [0.3, 0.4) is 0 Å². The molecule has 2 aliphatic rings. The molecule has 0 amide bonds. The van der Waals surface area contributed by atoms with Crippen molar-refractivity contribution in [2.75, 3.05) is 13.7 Å². The van der Waals surface area contributed by atoms with Crippen LogP contribution in [0.2, 0.25) is 0 Å². The number of fused-ring (bicyclic) bond motifs is 1. The first-order chi connectivity index (χ1) is 11.1. The molecule has 2 fully saturated rings. The highest BCUT2D eigenvalue weighted by atomic mass is 16.8. The van der Waals surface area contributed by atoms with E-state index >= 15 is 0 Å². The van der Waals surface area contributed by atoms with Crippen LogP contribution in [0.4, 0.5) is 0 Å². The van der Waals surface area contributed by atoms with Crippen LogP contribution in [0.15, 0.2) is 30.3 Å². The second kappa shape index (κ2) is 6.94. The molecular formula is C16H20O7. The number of carbonyl (C=O) groups is 1. The number of methoxy groups -OCH3 is 1. The number of ether oxygens (including phenoxy) is 5. The van der Waals surface area contributed by atoms with Crippen molar-refractivity contribution in [1.29, 1.82) is 0 Å². The summed E-state index contributed by atoms with van der Waals surface area (Å²) in [6, 6.07) is 9.41. The summed E-state index contributed by atoms with van der Waals surface area (Å²) in [6.45, 7) is 1.51. The molecule has 0 spiro atoms.